The maximum Gasteiger partial charge on any atom is -0.0386 e. The summed E-state index contributed by atoms with van der Waals surface area (Å²) in [6.07, 6.45) is 20.4. The monoisotopic (exact) mass is 224 g/mol. The molecule has 0 saturated heterocycles. The molecule has 0 rings (SSSR count). The van der Waals surface area contributed by atoms with E-state index >= 15 is 0 Å². The lowest BCUT2D eigenvalue weighted by atomic mass is 10.0. The Kier molecular flexibility index (Phi) is 15.0. The molecule has 0 amide bonds. The lowest BCUT2D eigenvalue weighted by Gasteiger charge is -2.02. The molecule has 16 heavy (non-hydrogen) atoms. The zero-order valence-corrected chi connectivity index (χ0v) is 11.5. The maximum atomic E-state index is 3.82. The first-order chi connectivity index (χ1) is 7.91. The van der Waals surface area contributed by atoms with Gasteiger partial charge in [-0.05, 0) is 6.42 Å². The predicted octanol–water partition coefficient (Wildman–Crippen LogP) is 6.12. The Hall–Kier alpha value is 0. The Labute approximate surface area is 104 Å². The Morgan fingerprint density at radius 1 is 0.688 bits per heavy atom. The summed E-state index contributed by atoms with van der Waals surface area (Å²) in [5, 5.41) is 0. The number of rotatable bonds is 13. The summed E-state index contributed by atoms with van der Waals surface area (Å²) < 4.78 is 0. The zero-order valence-electron chi connectivity index (χ0n) is 11.5. The average Bonchev–Trinajstić information content (AvgIpc) is 2.31. The van der Waals surface area contributed by atoms with Crippen molar-refractivity contribution in [3.63, 3.8) is 0 Å². The summed E-state index contributed by atoms with van der Waals surface area (Å²) in [7, 11) is 0. The second-order valence-electron chi connectivity index (χ2n) is 4.90. The van der Waals surface area contributed by atoms with Crippen LogP contribution in [0.4, 0.5) is 0 Å². The summed E-state index contributed by atoms with van der Waals surface area (Å²) in [5.41, 5.74) is 0. The van der Waals surface area contributed by atoms with Gasteiger partial charge in [-0.25, -0.2) is 0 Å². The topological polar surface area (TPSA) is 0 Å². The Balaban J connectivity index is 2.83. The van der Waals surface area contributed by atoms with Crippen LogP contribution in [0.2, 0.25) is 0 Å². The molecule has 2 radical (unpaired) electrons. The molecule has 0 fully saturated rings. The smallest absolute Gasteiger partial charge is 0.0386 e. The van der Waals surface area contributed by atoms with Crippen molar-refractivity contribution in [3.05, 3.63) is 13.3 Å². The van der Waals surface area contributed by atoms with Crippen molar-refractivity contribution in [3.8, 4) is 0 Å². The van der Waals surface area contributed by atoms with Crippen molar-refractivity contribution in [2.75, 3.05) is 0 Å². The quantitative estimate of drug-likeness (QED) is 0.331. The van der Waals surface area contributed by atoms with E-state index in [1.54, 1.807) is 0 Å². The Morgan fingerprint density at radius 3 is 1.56 bits per heavy atom. The molecule has 0 saturated carbocycles. The highest BCUT2D eigenvalue weighted by atomic mass is 14.0. The van der Waals surface area contributed by atoms with E-state index in [4.69, 9.17) is 0 Å². The minimum Gasteiger partial charge on any atom is -0.0654 e. The Morgan fingerprint density at radius 2 is 1.12 bits per heavy atom. The van der Waals surface area contributed by atoms with Gasteiger partial charge in [0.2, 0.25) is 0 Å². The maximum absolute atomic E-state index is 3.82. The van der Waals surface area contributed by atoms with Gasteiger partial charge < -0.3 is 0 Å². The van der Waals surface area contributed by atoms with Crippen LogP contribution in [0.15, 0.2) is 0 Å². The van der Waals surface area contributed by atoms with E-state index in [1.165, 1.54) is 77.0 Å². The molecule has 0 unspecified atom stereocenters. The molecule has 0 aromatic heterocycles. The normalized spacial score (nSPS) is 10.9. The average molecular weight is 224 g/mol. The molecule has 0 aromatic carbocycles. The highest BCUT2D eigenvalue weighted by molar-refractivity contribution is 4.64. The van der Waals surface area contributed by atoms with E-state index < -0.39 is 0 Å². The SMILES string of the molecule is [CH2]C[CH]CCCCCCCCCCCCC. The number of unbranched alkanes of at least 4 members (excludes halogenated alkanes) is 13. The first-order valence-corrected chi connectivity index (χ1v) is 7.52. The van der Waals surface area contributed by atoms with Gasteiger partial charge in [-0.15, -0.1) is 0 Å². The second-order valence-corrected chi connectivity index (χ2v) is 4.90. The molecule has 0 nitrogen and oxygen atoms in total. The van der Waals surface area contributed by atoms with Crippen LogP contribution in [0, 0.1) is 13.3 Å². The van der Waals surface area contributed by atoms with Gasteiger partial charge in [0.1, 0.15) is 0 Å². The first kappa shape index (κ1) is 16.0. The summed E-state index contributed by atoms with van der Waals surface area (Å²) in [6.45, 7) is 6.10. The minimum atomic E-state index is 0.998. The van der Waals surface area contributed by atoms with Gasteiger partial charge in [-0.2, -0.15) is 0 Å². The van der Waals surface area contributed by atoms with Crippen LogP contribution in [-0.4, -0.2) is 0 Å². The minimum absolute atomic E-state index is 0.998. The number of hydrogen-bond donors (Lipinski definition) is 0. The fraction of sp³-hybridized carbons (Fsp3) is 0.875. The van der Waals surface area contributed by atoms with Gasteiger partial charge in [0.15, 0.2) is 0 Å². The predicted molar refractivity (Wildman–Crippen MR) is 75.4 cm³/mol. The fourth-order valence-corrected chi connectivity index (χ4v) is 2.10. The van der Waals surface area contributed by atoms with Gasteiger partial charge in [-0.1, -0.05) is 97.3 Å². The molecule has 0 aliphatic carbocycles. The van der Waals surface area contributed by atoms with Crippen LogP contribution in [0.25, 0.3) is 0 Å². The highest BCUT2D eigenvalue weighted by Crippen LogP contribution is 2.12. The largest absolute Gasteiger partial charge is 0.0654 e. The lowest BCUT2D eigenvalue weighted by Crippen LogP contribution is -1.82. The van der Waals surface area contributed by atoms with Gasteiger partial charge in [0.25, 0.3) is 0 Å². The summed E-state index contributed by atoms with van der Waals surface area (Å²) >= 11 is 0. The third kappa shape index (κ3) is 14.0. The van der Waals surface area contributed by atoms with Gasteiger partial charge in [0.05, 0.1) is 0 Å². The molecule has 0 heteroatoms. The molecule has 96 valence electrons. The van der Waals surface area contributed by atoms with E-state index in [-0.39, 0.29) is 0 Å². The van der Waals surface area contributed by atoms with Gasteiger partial charge in [0, 0.05) is 0 Å². The van der Waals surface area contributed by atoms with E-state index in [9.17, 15) is 0 Å². The molecular formula is C16H32. The van der Waals surface area contributed by atoms with Crippen LogP contribution in [-0.2, 0) is 0 Å². The third-order valence-electron chi connectivity index (χ3n) is 3.22. The second kappa shape index (κ2) is 15.0. The van der Waals surface area contributed by atoms with Crippen molar-refractivity contribution in [1.82, 2.24) is 0 Å². The molecule has 0 heterocycles. The van der Waals surface area contributed by atoms with E-state index in [2.05, 4.69) is 20.3 Å². The summed E-state index contributed by atoms with van der Waals surface area (Å²) in [6, 6.07) is 0. The van der Waals surface area contributed by atoms with E-state index in [0.717, 1.165) is 6.42 Å². The van der Waals surface area contributed by atoms with Gasteiger partial charge in [-0.3, -0.25) is 0 Å². The summed E-state index contributed by atoms with van der Waals surface area (Å²) in [4.78, 5) is 0. The Bertz CT molecular complexity index is 92.6. The van der Waals surface area contributed by atoms with Crippen molar-refractivity contribution in [2.24, 2.45) is 0 Å². The summed E-state index contributed by atoms with van der Waals surface area (Å²) in [5.74, 6) is 0. The molecule has 0 aliphatic heterocycles. The van der Waals surface area contributed by atoms with Crippen molar-refractivity contribution in [1.29, 1.82) is 0 Å². The van der Waals surface area contributed by atoms with Crippen molar-refractivity contribution < 1.29 is 0 Å². The van der Waals surface area contributed by atoms with Crippen molar-refractivity contribution in [2.45, 2.75) is 90.4 Å². The number of hydrogen-bond acceptors (Lipinski definition) is 0. The molecule has 0 aromatic rings. The molecule has 0 N–H and O–H groups in total. The van der Waals surface area contributed by atoms with Crippen LogP contribution in [0.3, 0.4) is 0 Å². The molecule has 0 bridgehead atoms. The van der Waals surface area contributed by atoms with Crippen LogP contribution in [0.5, 0.6) is 0 Å². The molecule has 0 aliphatic rings. The standard InChI is InChI=1S/C16H32/c1-3-5-7-9-11-13-15-16-14-12-10-8-6-4-2/h5H,1,3-4,6-16H2,2H3. The van der Waals surface area contributed by atoms with Crippen LogP contribution < -0.4 is 0 Å². The first-order valence-electron chi connectivity index (χ1n) is 7.52. The highest BCUT2D eigenvalue weighted by Gasteiger charge is 1.92. The van der Waals surface area contributed by atoms with Crippen LogP contribution in [0.1, 0.15) is 90.4 Å². The van der Waals surface area contributed by atoms with Crippen LogP contribution >= 0.6 is 0 Å². The van der Waals surface area contributed by atoms with Gasteiger partial charge >= 0.3 is 0 Å². The van der Waals surface area contributed by atoms with E-state index in [0.29, 0.717) is 0 Å². The fourth-order valence-electron chi connectivity index (χ4n) is 2.10. The molecule has 0 spiro atoms. The molecular weight excluding hydrogens is 192 g/mol. The third-order valence-corrected chi connectivity index (χ3v) is 3.22. The zero-order chi connectivity index (χ0) is 11.9. The lowest BCUT2D eigenvalue weighted by molar-refractivity contribution is 0.548. The van der Waals surface area contributed by atoms with E-state index in [1.807, 2.05) is 0 Å². The molecule has 0 atom stereocenters. The van der Waals surface area contributed by atoms with Crippen molar-refractivity contribution >= 4 is 0 Å².